The lowest BCUT2D eigenvalue weighted by Crippen LogP contribution is -2.54. The number of rotatable bonds is 0. The molecule has 0 amide bonds. The van der Waals surface area contributed by atoms with E-state index in [4.69, 9.17) is 23.2 Å². The molecule has 1 nitrogen and oxygen atoms in total. The molecule has 0 spiro atoms. The summed E-state index contributed by atoms with van der Waals surface area (Å²) in [5.41, 5.74) is 0. The van der Waals surface area contributed by atoms with Gasteiger partial charge in [0.25, 0.3) is 5.13 Å². The number of hydrogen-bond donors (Lipinski definition) is 1. The Morgan fingerprint density at radius 2 is 1.77 bits per heavy atom. The molecule has 2 bridgehead atoms. The van der Waals surface area contributed by atoms with Crippen LogP contribution in [0.2, 0.25) is 0 Å². The summed E-state index contributed by atoms with van der Waals surface area (Å²) in [4.78, 5) is 0. The van der Waals surface area contributed by atoms with Gasteiger partial charge in [0.05, 0.1) is 17.4 Å². The largest absolute Gasteiger partial charge is 0.391 e. The second-order valence-electron chi connectivity index (χ2n) is 3.63. The summed E-state index contributed by atoms with van der Waals surface area (Å²) in [5.74, 6) is -6.28. The average Bonchev–Trinajstić information content (AvgIpc) is 2.36. The van der Waals surface area contributed by atoms with Gasteiger partial charge in [0, 0.05) is 5.92 Å². The van der Waals surface area contributed by atoms with Gasteiger partial charge in [-0.2, -0.15) is 0 Å². The maximum Gasteiger partial charge on any atom is 0.300 e. The van der Waals surface area contributed by atoms with Gasteiger partial charge in [-0.15, -0.1) is 11.6 Å². The van der Waals surface area contributed by atoms with E-state index in [-0.39, 0.29) is 6.42 Å². The van der Waals surface area contributed by atoms with Gasteiger partial charge in [-0.3, -0.25) is 0 Å². The van der Waals surface area contributed by atoms with E-state index in [1.54, 1.807) is 0 Å². The molecule has 2 aliphatic rings. The van der Waals surface area contributed by atoms with Crippen LogP contribution < -0.4 is 0 Å². The zero-order valence-corrected chi connectivity index (χ0v) is 7.87. The minimum absolute atomic E-state index is 0.150. The van der Waals surface area contributed by atoms with E-state index in [0.717, 1.165) is 0 Å². The second kappa shape index (κ2) is 2.47. The molecule has 2 aliphatic carbocycles. The van der Waals surface area contributed by atoms with Crippen LogP contribution in [0.4, 0.5) is 13.2 Å². The molecule has 2 fully saturated rings. The third kappa shape index (κ3) is 0.944. The number of fused-ring (bicyclic) bond motifs is 2. The molecule has 0 saturated heterocycles. The van der Waals surface area contributed by atoms with E-state index < -0.39 is 34.4 Å². The zero-order chi connectivity index (χ0) is 10.0. The van der Waals surface area contributed by atoms with Gasteiger partial charge in [-0.05, 0) is 6.42 Å². The second-order valence-corrected chi connectivity index (χ2v) is 4.68. The Morgan fingerprint density at radius 1 is 1.23 bits per heavy atom. The lowest BCUT2D eigenvalue weighted by Gasteiger charge is -2.36. The fourth-order valence-corrected chi connectivity index (χ4v) is 3.09. The highest BCUT2D eigenvalue weighted by Crippen LogP contribution is 2.64. The fourth-order valence-electron chi connectivity index (χ4n) is 2.21. The molecule has 13 heavy (non-hydrogen) atoms. The lowest BCUT2D eigenvalue weighted by atomic mass is 9.91. The van der Waals surface area contributed by atoms with Gasteiger partial charge in [-0.1, -0.05) is 11.6 Å². The van der Waals surface area contributed by atoms with Crippen LogP contribution in [-0.4, -0.2) is 27.6 Å². The maximum absolute atomic E-state index is 13.3. The summed E-state index contributed by atoms with van der Waals surface area (Å²) < 4.78 is 39.6. The summed E-state index contributed by atoms with van der Waals surface area (Å²) in [6.07, 6.45) is -1.51. The van der Waals surface area contributed by atoms with Crippen molar-refractivity contribution in [2.24, 2.45) is 11.8 Å². The van der Waals surface area contributed by atoms with E-state index in [1.807, 2.05) is 0 Å². The lowest BCUT2D eigenvalue weighted by molar-refractivity contribution is -0.158. The van der Waals surface area contributed by atoms with E-state index >= 15 is 0 Å². The van der Waals surface area contributed by atoms with E-state index in [9.17, 15) is 18.3 Å². The predicted molar refractivity (Wildman–Crippen MR) is 41.9 cm³/mol. The summed E-state index contributed by atoms with van der Waals surface area (Å²) in [6.45, 7) is 0. The molecule has 1 N–H and O–H groups in total. The monoisotopic (exact) mass is 234 g/mol. The van der Waals surface area contributed by atoms with Crippen LogP contribution in [0.3, 0.4) is 0 Å². The summed E-state index contributed by atoms with van der Waals surface area (Å²) in [7, 11) is 0. The first kappa shape index (κ1) is 9.87. The molecule has 0 aromatic heterocycles. The van der Waals surface area contributed by atoms with Gasteiger partial charge in [0.2, 0.25) is 0 Å². The van der Waals surface area contributed by atoms with Crippen LogP contribution in [0.15, 0.2) is 0 Å². The highest BCUT2D eigenvalue weighted by Gasteiger charge is 2.76. The molecule has 0 aliphatic heterocycles. The molecule has 76 valence electrons. The first-order chi connectivity index (χ1) is 5.80. The molecule has 0 unspecified atom stereocenters. The Balaban J connectivity index is 2.40. The van der Waals surface area contributed by atoms with E-state index in [2.05, 4.69) is 0 Å². The van der Waals surface area contributed by atoms with Crippen molar-refractivity contribution in [2.45, 2.75) is 29.0 Å². The van der Waals surface area contributed by atoms with Gasteiger partial charge < -0.3 is 5.11 Å². The number of aliphatic hydroxyl groups is 1. The van der Waals surface area contributed by atoms with Gasteiger partial charge in [-0.25, -0.2) is 13.2 Å². The van der Waals surface area contributed by atoms with Crippen molar-refractivity contribution >= 4 is 23.2 Å². The van der Waals surface area contributed by atoms with Crippen molar-refractivity contribution < 1.29 is 18.3 Å². The maximum atomic E-state index is 13.3. The Bertz CT molecular complexity index is 222. The normalized spacial score (nSPS) is 58.6. The van der Waals surface area contributed by atoms with Crippen LogP contribution in [-0.2, 0) is 0 Å². The minimum Gasteiger partial charge on any atom is -0.391 e. The molecule has 2 rings (SSSR count). The number of aliphatic hydroxyl groups excluding tert-OH is 1. The minimum atomic E-state index is -3.68. The first-order valence-electron chi connectivity index (χ1n) is 3.88. The smallest absolute Gasteiger partial charge is 0.300 e. The highest BCUT2D eigenvalue weighted by molar-refractivity contribution is 6.27. The quantitative estimate of drug-likeness (QED) is 0.637. The van der Waals surface area contributed by atoms with Crippen molar-refractivity contribution in [3.8, 4) is 0 Å². The Kier molecular flexibility index (Phi) is 1.87. The third-order valence-electron chi connectivity index (χ3n) is 3.01. The van der Waals surface area contributed by atoms with Crippen LogP contribution >= 0.6 is 23.2 Å². The van der Waals surface area contributed by atoms with Gasteiger partial charge >= 0.3 is 5.92 Å². The summed E-state index contributed by atoms with van der Waals surface area (Å²) in [5, 5.41) is 5.12. The Morgan fingerprint density at radius 3 is 2.15 bits per heavy atom. The average molecular weight is 235 g/mol. The Hall–Kier alpha value is 0.330. The topological polar surface area (TPSA) is 20.2 Å². The van der Waals surface area contributed by atoms with E-state index in [1.165, 1.54) is 0 Å². The zero-order valence-electron chi connectivity index (χ0n) is 6.35. The van der Waals surface area contributed by atoms with Crippen molar-refractivity contribution in [2.75, 3.05) is 0 Å². The van der Waals surface area contributed by atoms with Crippen molar-refractivity contribution in [1.82, 2.24) is 0 Å². The van der Waals surface area contributed by atoms with Gasteiger partial charge in [0.1, 0.15) is 0 Å². The molecule has 0 aromatic carbocycles. The van der Waals surface area contributed by atoms with Crippen molar-refractivity contribution in [1.29, 1.82) is 0 Å². The van der Waals surface area contributed by atoms with Crippen LogP contribution in [0.1, 0.15) is 6.42 Å². The SMILES string of the molecule is O[C@@H]1[C@H](Cl)[C@H]2C[C@H]1C(F)(F)[C@]2(F)Cl. The fraction of sp³-hybridized carbons (Fsp3) is 1.00. The molecular formula is C7H7Cl2F3O. The van der Waals surface area contributed by atoms with E-state index in [0.29, 0.717) is 0 Å². The Labute approximate surface area is 82.8 Å². The molecule has 0 aromatic rings. The molecular weight excluding hydrogens is 228 g/mol. The molecule has 0 radical (unpaired) electrons. The molecule has 0 heterocycles. The van der Waals surface area contributed by atoms with Crippen LogP contribution in [0.5, 0.6) is 0 Å². The van der Waals surface area contributed by atoms with Gasteiger partial charge in [0.15, 0.2) is 0 Å². The first-order valence-corrected chi connectivity index (χ1v) is 4.69. The third-order valence-corrected chi connectivity index (χ3v) is 4.10. The molecule has 5 atom stereocenters. The predicted octanol–water partition coefficient (Wildman–Crippen LogP) is 2.14. The number of hydrogen-bond acceptors (Lipinski definition) is 1. The van der Waals surface area contributed by atoms with Crippen molar-refractivity contribution in [3.05, 3.63) is 0 Å². The number of halogens is 5. The van der Waals surface area contributed by atoms with Crippen molar-refractivity contribution in [3.63, 3.8) is 0 Å². The summed E-state index contributed by atoms with van der Waals surface area (Å²) >= 11 is 10.7. The molecule has 2 saturated carbocycles. The number of alkyl halides is 5. The summed E-state index contributed by atoms with van der Waals surface area (Å²) in [6, 6.07) is 0. The van der Waals surface area contributed by atoms with Crippen LogP contribution in [0, 0.1) is 11.8 Å². The standard InChI is InChI=1S/C7H7Cl2F3O/c8-4-2-1-3(5(4)13)7(11,12)6(2,9)10/h2-5,13H,1H2/t2-,3-,4-,5+,6+/m1/s1. The van der Waals surface area contributed by atoms with Crippen LogP contribution in [0.25, 0.3) is 0 Å². The highest BCUT2D eigenvalue weighted by atomic mass is 35.5. The molecule has 6 heteroatoms.